The molecule has 0 aliphatic carbocycles. The van der Waals surface area contributed by atoms with Crippen molar-refractivity contribution in [3.8, 4) is 11.5 Å². The van der Waals surface area contributed by atoms with E-state index in [9.17, 15) is 9.90 Å². The molecule has 0 amide bonds. The summed E-state index contributed by atoms with van der Waals surface area (Å²) >= 11 is 0. The van der Waals surface area contributed by atoms with Gasteiger partial charge in [-0.3, -0.25) is 0 Å². The molecule has 0 aliphatic heterocycles. The van der Waals surface area contributed by atoms with E-state index in [-0.39, 0.29) is 11.5 Å². The molecule has 0 aliphatic rings. The van der Waals surface area contributed by atoms with Crippen LogP contribution in [-0.4, -0.2) is 22.7 Å². The van der Waals surface area contributed by atoms with Crippen molar-refractivity contribution in [2.45, 2.75) is 6.42 Å². The smallest absolute Gasteiger partial charge is 0.348 e. The number of hydrogen-bond acceptors (Lipinski definition) is 5. The summed E-state index contributed by atoms with van der Waals surface area (Å²) in [5, 5.41) is 18.3. The monoisotopic (exact) mass is 223 g/mol. The van der Waals surface area contributed by atoms with Gasteiger partial charge in [0.2, 0.25) is 0 Å². The first-order chi connectivity index (χ1) is 7.63. The maximum atomic E-state index is 10.6. The average molecular weight is 223 g/mol. The number of aromatic hydroxyl groups is 2. The lowest BCUT2D eigenvalue weighted by Gasteiger charge is -2.05. The summed E-state index contributed by atoms with van der Waals surface area (Å²) in [6, 6.07) is 4.53. The zero-order valence-corrected chi connectivity index (χ0v) is 8.64. The van der Waals surface area contributed by atoms with Gasteiger partial charge in [0.25, 0.3) is 0 Å². The van der Waals surface area contributed by atoms with Crippen LogP contribution < -0.4 is 5.48 Å². The lowest BCUT2D eigenvalue weighted by molar-refractivity contribution is -0.144. The van der Waals surface area contributed by atoms with Crippen LogP contribution in [0.4, 0.5) is 0 Å². The van der Waals surface area contributed by atoms with E-state index in [0.717, 1.165) is 11.6 Å². The van der Waals surface area contributed by atoms with E-state index < -0.39 is 5.97 Å². The molecule has 0 fully saturated rings. The molecule has 1 aromatic carbocycles. The zero-order chi connectivity index (χ0) is 12.0. The molecule has 16 heavy (non-hydrogen) atoms. The highest BCUT2D eigenvalue weighted by atomic mass is 16.7. The van der Waals surface area contributed by atoms with Gasteiger partial charge in [0.15, 0.2) is 11.5 Å². The Kier molecular flexibility index (Phi) is 4.35. The molecule has 0 spiro atoms. The van der Waals surface area contributed by atoms with Crippen LogP contribution >= 0.6 is 0 Å². The fourth-order valence-electron chi connectivity index (χ4n) is 1.08. The molecule has 5 nitrogen and oxygen atoms in total. The molecule has 0 heterocycles. The van der Waals surface area contributed by atoms with Gasteiger partial charge >= 0.3 is 5.97 Å². The summed E-state index contributed by atoms with van der Waals surface area (Å²) in [7, 11) is 0. The lowest BCUT2D eigenvalue weighted by atomic mass is 10.1. The largest absolute Gasteiger partial charge is 0.504 e. The van der Waals surface area contributed by atoms with E-state index in [1.165, 1.54) is 12.1 Å². The van der Waals surface area contributed by atoms with Gasteiger partial charge in [-0.1, -0.05) is 12.6 Å². The number of phenolic OH excluding ortho intramolecular Hbond substituents is 2. The SMILES string of the molecule is C=CC(=O)ONCCc1ccc(O)c(O)c1. The zero-order valence-electron chi connectivity index (χ0n) is 8.64. The molecule has 86 valence electrons. The molecule has 3 N–H and O–H groups in total. The third kappa shape index (κ3) is 3.62. The van der Waals surface area contributed by atoms with Crippen molar-refractivity contribution < 1.29 is 19.8 Å². The summed E-state index contributed by atoms with van der Waals surface area (Å²) in [6.45, 7) is 3.65. The molecule has 0 unspecified atom stereocenters. The molecule has 1 rings (SSSR count). The number of carbonyl (C=O) groups is 1. The van der Waals surface area contributed by atoms with E-state index in [1.54, 1.807) is 6.07 Å². The molecule has 5 heteroatoms. The minimum atomic E-state index is -0.548. The van der Waals surface area contributed by atoms with Gasteiger partial charge in [0.1, 0.15) is 0 Å². The van der Waals surface area contributed by atoms with Crippen LogP contribution in [-0.2, 0) is 16.1 Å². The molecule has 0 saturated heterocycles. The van der Waals surface area contributed by atoms with Crippen LogP contribution in [0.3, 0.4) is 0 Å². The van der Waals surface area contributed by atoms with E-state index in [0.29, 0.717) is 13.0 Å². The lowest BCUT2D eigenvalue weighted by Crippen LogP contribution is -2.20. The average Bonchev–Trinajstić information content (AvgIpc) is 2.28. The predicted octanol–water partition coefficient (Wildman–Crippen LogP) is 0.874. The van der Waals surface area contributed by atoms with E-state index in [4.69, 9.17) is 5.11 Å². The van der Waals surface area contributed by atoms with E-state index in [1.807, 2.05) is 0 Å². The van der Waals surface area contributed by atoms with Crippen LogP contribution in [0.1, 0.15) is 5.56 Å². The van der Waals surface area contributed by atoms with Crippen LogP contribution in [0.15, 0.2) is 30.9 Å². The van der Waals surface area contributed by atoms with Crippen molar-refractivity contribution >= 4 is 5.97 Å². The maximum absolute atomic E-state index is 10.6. The van der Waals surface area contributed by atoms with Gasteiger partial charge in [-0.15, -0.1) is 0 Å². The molecular formula is C11H13NO4. The molecule has 0 atom stereocenters. The fourth-order valence-corrected chi connectivity index (χ4v) is 1.08. The van der Waals surface area contributed by atoms with Crippen LogP contribution in [0.25, 0.3) is 0 Å². The van der Waals surface area contributed by atoms with Gasteiger partial charge in [0.05, 0.1) is 0 Å². The van der Waals surface area contributed by atoms with Gasteiger partial charge in [-0.05, 0) is 24.1 Å². The van der Waals surface area contributed by atoms with Crippen LogP contribution in [0, 0.1) is 0 Å². The Morgan fingerprint density at radius 3 is 2.81 bits per heavy atom. The Bertz CT molecular complexity index is 390. The standard InChI is InChI=1S/C11H13NO4/c1-2-11(15)16-12-6-5-8-3-4-9(13)10(14)7-8/h2-4,7,12-14H,1,5-6H2. The quantitative estimate of drug-likeness (QED) is 0.299. The minimum Gasteiger partial charge on any atom is -0.504 e. The molecule has 0 saturated carbocycles. The third-order valence-electron chi connectivity index (χ3n) is 1.89. The van der Waals surface area contributed by atoms with Gasteiger partial charge in [0, 0.05) is 12.6 Å². The van der Waals surface area contributed by atoms with Crippen LogP contribution in [0.2, 0.25) is 0 Å². The summed E-state index contributed by atoms with van der Waals surface area (Å²) in [4.78, 5) is 15.2. The normalized spacial score (nSPS) is 9.75. The van der Waals surface area contributed by atoms with Gasteiger partial charge in [-0.25, -0.2) is 4.79 Å². The Morgan fingerprint density at radius 1 is 1.44 bits per heavy atom. The van der Waals surface area contributed by atoms with Crippen molar-refractivity contribution in [3.63, 3.8) is 0 Å². The first kappa shape index (κ1) is 12.1. The highest BCUT2D eigenvalue weighted by Crippen LogP contribution is 2.24. The van der Waals surface area contributed by atoms with Crippen molar-refractivity contribution in [1.82, 2.24) is 5.48 Å². The molecule has 0 aromatic heterocycles. The topological polar surface area (TPSA) is 78.8 Å². The minimum absolute atomic E-state index is 0.158. The van der Waals surface area contributed by atoms with Crippen molar-refractivity contribution in [3.05, 3.63) is 36.4 Å². The number of benzene rings is 1. The Balaban J connectivity index is 2.35. The van der Waals surface area contributed by atoms with Crippen molar-refractivity contribution in [1.29, 1.82) is 0 Å². The number of hydroxylamine groups is 1. The summed E-state index contributed by atoms with van der Waals surface area (Å²) in [5.41, 5.74) is 3.27. The number of hydrogen-bond donors (Lipinski definition) is 3. The van der Waals surface area contributed by atoms with E-state index >= 15 is 0 Å². The van der Waals surface area contributed by atoms with Crippen molar-refractivity contribution in [2.75, 3.05) is 6.54 Å². The second-order valence-corrected chi connectivity index (χ2v) is 3.09. The Labute approximate surface area is 92.9 Å². The molecular weight excluding hydrogens is 210 g/mol. The van der Waals surface area contributed by atoms with Gasteiger partial charge in [-0.2, -0.15) is 5.48 Å². The summed E-state index contributed by atoms with van der Waals surface area (Å²) in [6.07, 6.45) is 1.61. The number of phenols is 2. The van der Waals surface area contributed by atoms with Gasteiger partial charge < -0.3 is 15.1 Å². The first-order valence-corrected chi connectivity index (χ1v) is 4.70. The Morgan fingerprint density at radius 2 is 2.19 bits per heavy atom. The highest BCUT2D eigenvalue weighted by molar-refractivity contribution is 5.80. The third-order valence-corrected chi connectivity index (χ3v) is 1.89. The summed E-state index contributed by atoms with van der Waals surface area (Å²) < 4.78 is 0. The molecule has 1 aromatic rings. The van der Waals surface area contributed by atoms with Crippen molar-refractivity contribution in [2.24, 2.45) is 0 Å². The number of rotatable bonds is 5. The highest BCUT2D eigenvalue weighted by Gasteiger charge is 2.01. The molecule has 0 bridgehead atoms. The fraction of sp³-hybridized carbons (Fsp3) is 0.182. The molecule has 0 radical (unpaired) electrons. The second kappa shape index (κ2) is 5.77. The number of carbonyl (C=O) groups excluding carboxylic acids is 1. The first-order valence-electron chi connectivity index (χ1n) is 4.70. The summed E-state index contributed by atoms with van der Waals surface area (Å²) in [5.74, 6) is -0.871. The van der Waals surface area contributed by atoms with Crippen LogP contribution in [0.5, 0.6) is 11.5 Å². The Hall–Kier alpha value is -2.01. The van der Waals surface area contributed by atoms with E-state index in [2.05, 4.69) is 16.9 Å². The number of nitrogens with one attached hydrogen (secondary N) is 1. The second-order valence-electron chi connectivity index (χ2n) is 3.09. The predicted molar refractivity (Wildman–Crippen MR) is 57.8 cm³/mol. The maximum Gasteiger partial charge on any atom is 0.348 e.